The lowest BCUT2D eigenvalue weighted by Crippen LogP contribution is -2.40. The summed E-state index contributed by atoms with van der Waals surface area (Å²) in [6.45, 7) is 2.46. The van der Waals surface area contributed by atoms with Crippen molar-refractivity contribution in [2.45, 2.75) is 24.2 Å². The van der Waals surface area contributed by atoms with Gasteiger partial charge in [0, 0.05) is 23.5 Å². The van der Waals surface area contributed by atoms with E-state index in [9.17, 15) is 4.79 Å². The molecule has 5 heteroatoms. The van der Waals surface area contributed by atoms with Crippen molar-refractivity contribution in [2.75, 3.05) is 25.9 Å². The van der Waals surface area contributed by atoms with Crippen LogP contribution in [0.5, 0.6) is 0 Å². The summed E-state index contributed by atoms with van der Waals surface area (Å²) < 4.78 is 0. The fourth-order valence-corrected chi connectivity index (χ4v) is 3.05. The molecule has 1 atom stereocenters. The van der Waals surface area contributed by atoms with Crippen LogP contribution < -0.4 is 5.73 Å². The molecule has 0 spiro atoms. The van der Waals surface area contributed by atoms with E-state index in [0.29, 0.717) is 5.92 Å². The molecule has 2 rings (SSSR count). The van der Waals surface area contributed by atoms with Gasteiger partial charge in [-0.2, -0.15) is 0 Å². The van der Waals surface area contributed by atoms with E-state index in [1.165, 1.54) is 11.3 Å². The number of hydrogen-bond donors (Lipinski definition) is 1. The van der Waals surface area contributed by atoms with Gasteiger partial charge in [-0.05, 0) is 62.2 Å². The van der Waals surface area contributed by atoms with Gasteiger partial charge >= 0.3 is 0 Å². The number of piperidine rings is 1. The predicted molar refractivity (Wildman–Crippen MR) is 87.8 cm³/mol. The van der Waals surface area contributed by atoms with Gasteiger partial charge in [0.2, 0.25) is 0 Å². The van der Waals surface area contributed by atoms with E-state index in [0.717, 1.165) is 38.0 Å². The number of likely N-dealkylation sites (tertiary alicyclic amines) is 1. The topological polar surface area (TPSA) is 46.3 Å². The van der Waals surface area contributed by atoms with Crippen molar-refractivity contribution in [3.8, 4) is 0 Å². The molecule has 3 nitrogen and oxygen atoms in total. The van der Waals surface area contributed by atoms with Gasteiger partial charge in [-0.3, -0.25) is 4.79 Å². The third-order valence-corrected chi connectivity index (χ3v) is 4.46. The summed E-state index contributed by atoms with van der Waals surface area (Å²) >= 11 is 1.69. The molecule has 0 radical (unpaired) electrons. The molecular formula is C15H23ClN2OS. The SMILES string of the molecule is CSc1ccc(C(=O)N2CCCC(CCN)C2)cc1.Cl. The third-order valence-electron chi connectivity index (χ3n) is 3.72. The third kappa shape index (κ3) is 4.40. The number of hydrogen-bond acceptors (Lipinski definition) is 3. The smallest absolute Gasteiger partial charge is 0.253 e. The molecule has 0 bridgehead atoms. The highest BCUT2D eigenvalue weighted by Crippen LogP contribution is 2.22. The van der Waals surface area contributed by atoms with E-state index in [1.807, 2.05) is 35.4 Å². The summed E-state index contributed by atoms with van der Waals surface area (Å²) in [6, 6.07) is 7.89. The minimum Gasteiger partial charge on any atom is -0.338 e. The van der Waals surface area contributed by atoms with Crippen LogP contribution in [0.2, 0.25) is 0 Å². The summed E-state index contributed by atoms with van der Waals surface area (Å²) in [5.41, 5.74) is 6.42. The minimum atomic E-state index is 0. The quantitative estimate of drug-likeness (QED) is 0.869. The van der Waals surface area contributed by atoms with Crippen LogP contribution in [-0.4, -0.2) is 36.7 Å². The number of amides is 1. The van der Waals surface area contributed by atoms with Gasteiger partial charge in [-0.1, -0.05) is 0 Å². The van der Waals surface area contributed by atoms with Crippen molar-refractivity contribution < 1.29 is 4.79 Å². The molecule has 0 saturated carbocycles. The predicted octanol–water partition coefficient (Wildman–Crippen LogP) is 3.03. The molecule has 1 aromatic carbocycles. The van der Waals surface area contributed by atoms with Crippen LogP contribution in [0, 0.1) is 5.92 Å². The lowest BCUT2D eigenvalue weighted by Gasteiger charge is -2.32. The second-order valence-corrected chi connectivity index (χ2v) is 5.94. The summed E-state index contributed by atoms with van der Waals surface area (Å²) in [7, 11) is 0. The molecule has 1 unspecified atom stereocenters. The van der Waals surface area contributed by atoms with Crippen molar-refractivity contribution in [1.29, 1.82) is 0 Å². The Kier molecular flexibility index (Phi) is 7.41. The van der Waals surface area contributed by atoms with Crippen molar-refractivity contribution in [2.24, 2.45) is 11.7 Å². The Morgan fingerprint density at radius 2 is 2.10 bits per heavy atom. The van der Waals surface area contributed by atoms with Gasteiger partial charge in [-0.25, -0.2) is 0 Å². The first-order chi connectivity index (χ1) is 9.24. The van der Waals surface area contributed by atoms with Gasteiger partial charge in [0.05, 0.1) is 0 Å². The Labute approximate surface area is 131 Å². The molecule has 1 amide bonds. The van der Waals surface area contributed by atoms with Crippen molar-refractivity contribution >= 4 is 30.1 Å². The number of benzene rings is 1. The maximum Gasteiger partial charge on any atom is 0.253 e. The highest BCUT2D eigenvalue weighted by atomic mass is 35.5. The Morgan fingerprint density at radius 1 is 1.40 bits per heavy atom. The van der Waals surface area contributed by atoms with Gasteiger partial charge in [0.1, 0.15) is 0 Å². The van der Waals surface area contributed by atoms with E-state index in [4.69, 9.17) is 5.73 Å². The average Bonchev–Trinajstić information content (AvgIpc) is 2.47. The Hall–Kier alpha value is -0.710. The monoisotopic (exact) mass is 314 g/mol. The number of thioether (sulfide) groups is 1. The standard InChI is InChI=1S/C15H22N2OS.ClH/c1-19-14-6-4-13(5-7-14)15(18)17-10-2-3-12(11-17)8-9-16;/h4-7,12H,2-3,8-11,16H2,1H3;1H. The highest BCUT2D eigenvalue weighted by Gasteiger charge is 2.23. The Morgan fingerprint density at radius 3 is 2.70 bits per heavy atom. The zero-order valence-corrected chi connectivity index (χ0v) is 13.5. The van der Waals surface area contributed by atoms with E-state index < -0.39 is 0 Å². The maximum atomic E-state index is 12.4. The van der Waals surface area contributed by atoms with E-state index in [1.54, 1.807) is 11.8 Å². The molecule has 0 aliphatic carbocycles. The molecule has 1 aromatic rings. The first kappa shape index (κ1) is 17.3. The van der Waals surface area contributed by atoms with Crippen LogP contribution in [0.15, 0.2) is 29.2 Å². The first-order valence-corrected chi connectivity index (χ1v) is 8.10. The van der Waals surface area contributed by atoms with Crippen molar-refractivity contribution in [3.05, 3.63) is 29.8 Å². The number of nitrogens with zero attached hydrogens (tertiary/aromatic N) is 1. The second-order valence-electron chi connectivity index (χ2n) is 5.07. The van der Waals surface area contributed by atoms with Crippen LogP contribution >= 0.6 is 24.2 Å². The summed E-state index contributed by atoms with van der Waals surface area (Å²) in [4.78, 5) is 15.6. The lowest BCUT2D eigenvalue weighted by atomic mass is 9.94. The molecule has 2 N–H and O–H groups in total. The lowest BCUT2D eigenvalue weighted by molar-refractivity contribution is 0.0669. The summed E-state index contributed by atoms with van der Waals surface area (Å²) in [6.07, 6.45) is 5.36. The molecule has 1 aliphatic heterocycles. The maximum absolute atomic E-state index is 12.4. The van der Waals surface area contributed by atoms with Gasteiger partial charge in [0.25, 0.3) is 5.91 Å². The molecule has 1 heterocycles. The zero-order chi connectivity index (χ0) is 13.7. The van der Waals surface area contributed by atoms with Gasteiger partial charge in [0.15, 0.2) is 0 Å². The fourth-order valence-electron chi connectivity index (χ4n) is 2.64. The average molecular weight is 315 g/mol. The fraction of sp³-hybridized carbons (Fsp3) is 0.533. The summed E-state index contributed by atoms with van der Waals surface area (Å²) in [5, 5.41) is 0. The highest BCUT2D eigenvalue weighted by molar-refractivity contribution is 7.98. The van der Waals surface area contributed by atoms with Crippen LogP contribution in [-0.2, 0) is 0 Å². The molecule has 1 fully saturated rings. The molecule has 1 aliphatic rings. The largest absolute Gasteiger partial charge is 0.338 e. The Balaban J connectivity index is 0.00000200. The van der Waals surface area contributed by atoms with E-state index in [-0.39, 0.29) is 18.3 Å². The molecule has 0 aromatic heterocycles. The minimum absolute atomic E-state index is 0. The molecular weight excluding hydrogens is 292 g/mol. The zero-order valence-electron chi connectivity index (χ0n) is 11.9. The number of rotatable bonds is 4. The van der Waals surface area contributed by atoms with E-state index in [2.05, 4.69) is 0 Å². The van der Waals surface area contributed by atoms with Crippen molar-refractivity contribution in [1.82, 2.24) is 4.90 Å². The second kappa shape index (κ2) is 8.55. The van der Waals surface area contributed by atoms with Gasteiger partial charge < -0.3 is 10.6 Å². The molecule has 20 heavy (non-hydrogen) atoms. The number of carbonyl (C=O) groups is 1. The summed E-state index contributed by atoms with van der Waals surface area (Å²) in [5.74, 6) is 0.738. The van der Waals surface area contributed by atoms with Crippen molar-refractivity contribution in [3.63, 3.8) is 0 Å². The molecule has 1 saturated heterocycles. The number of nitrogens with two attached hydrogens (primary N) is 1. The first-order valence-electron chi connectivity index (χ1n) is 6.88. The van der Waals surface area contributed by atoms with Crippen LogP contribution in [0.3, 0.4) is 0 Å². The van der Waals surface area contributed by atoms with Crippen LogP contribution in [0.4, 0.5) is 0 Å². The number of halogens is 1. The Bertz CT molecular complexity index is 422. The molecule has 112 valence electrons. The van der Waals surface area contributed by atoms with Gasteiger partial charge in [-0.15, -0.1) is 24.2 Å². The van der Waals surface area contributed by atoms with Crippen LogP contribution in [0.25, 0.3) is 0 Å². The normalized spacial score (nSPS) is 18.5. The number of carbonyl (C=O) groups excluding carboxylic acids is 1. The van der Waals surface area contributed by atoms with Crippen LogP contribution in [0.1, 0.15) is 29.6 Å². The van der Waals surface area contributed by atoms with E-state index >= 15 is 0 Å².